The lowest BCUT2D eigenvalue weighted by Crippen LogP contribution is -2.23. The first-order valence-electron chi connectivity index (χ1n) is 17.2. The fourth-order valence-electron chi connectivity index (χ4n) is 7.31. The number of aromatic nitrogens is 2. The van der Waals surface area contributed by atoms with Crippen molar-refractivity contribution in [2.75, 3.05) is 14.7 Å². The number of sulfone groups is 1. The van der Waals surface area contributed by atoms with Crippen molar-refractivity contribution >= 4 is 72.6 Å². The van der Waals surface area contributed by atoms with Gasteiger partial charge >= 0.3 is 0 Å². The Morgan fingerprint density at radius 1 is 0.396 bits per heavy atom. The molecule has 1 aromatic heterocycles. The highest BCUT2D eigenvalue weighted by molar-refractivity contribution is 7.92. The smallest absolute Gasteiger partial charge is 0.210 e. The van der Waals surface area contributed by atoms with E-state index < -0.39 is 9.84 Å². The van der Waals surface area contributed by atoms with Crippen LogP contribution in [0.2, 0.25) is 0 Å². The molecule has 3 heterocycles. The van der Waals surface area contributed by atoms with E-state index in [0.717, 1.165) is 55.9 Å². The Kier molecular flexibility index (Phi) is 7.24. The summed E-state index contributed by atoms with van der Waals surface area (Å²) >= 11 is 1.36. The molecule has 10 rings (SSSR count). The molecule has 2 aliphatic heterocycles. The second-order valence-corrected chi connectivity index (χ2v) is 15.4. The third-order valence-electron chi connectivity index (χ3n) is 9.72. The average molecular weight is 724 g/mol. The highest BCUT2D eigenvalue weighted by atomic mass is 32.2. The van der Waals surface area contributed by atoms with Crippen molar-refractivity contribution < 1.29 is 8.42 Å². The molecule has 0 radical (unpaired) electrons. The molecule has 0 atom stereocenters. The number of nitrogens with zero attached hydrogens (tertiary/aromatic N) is 5. The first-order chi connectivity index (χ1) is 26.1. The topological polar surface area (TPSA) is 69.6 Å². The third kappa shape index (κ3) is 5.04. The maximum Gasteiger partial charge on any atom is 0.210 e. The Morgan fingerprint density at radius 3 is 1.26 bits per heavy atom. The molecule has 53 heavy (non-hydrogen) atoms. The van der Waals surface area contributed by atoms with Gasteiger partial charge in [0.2, 0.25) is 9.84 Å². The molecule has 0 amide bonds. The second kappa shape index (κ2) is 12.3. The summed E-state index contributed by atoms with van der Waals surface area (Å²) in [4.78, 5) is 12.2. The Hall–Kier alpha value is -6.55. The van der Waals surface area contributed by atoms with E-state index >= 15 is 0 Å². The molecular formula is C44H29N5O2S2. The molecule has 7 nitrogen and oxygen atoms in total. The maximum atomic E-state index is 13.4. The van der Waals surface area contributed by atoms with Crippen LogP contribution in [0.15, 0.2) is 186 Å². The van der Waals surface area contributed by atoms with Gasteiger partial charge in [-0.25, -0.2) is 13.4 Å². The molecule has 0 saturated carbocycles. The van der Waals surface area contributed by atoms with Gasteiger partial charge in [0.15, 0.2) is 5.82 Å². The molecule has 0 saturated heterocycles. The predicted molar refractivity (Wildman–Crippen MR) is 214 cm³/mol. The summed E-state index contributed by atoms with van der Waals surface area (Å²) in [6, 6.07) is 58.2. The van der Waals surface area contributed by atoms with Crippen LogP contribution in [0, 0.1) is 0 Å². The summed E-state index contributed by atoms with van der Waals surface area (Å²) < 4.78 is 31.6. The van der Waals surface area contributed by atoms with E-state index in [4.69, 9.17) is 9.36 Å². The summed E-state index contributed by atoms with van der Waals surface area (Å²) in [6.07, 6.45) is 0. The summed E-state index contributed by atoms with van der Waals surface area (Å²) in [5.41, 5.74) is 10.5. The van der Waals surface area contributed by atoms with Crippen molar-refractivity contribution in [1.82, 2.24) is 9.36 Å². The summed E-state index contributed by atoms with van der Waals surface area (Å²) in [5.74, 6) is 0.666. The number of hydrogen-bond acceptors (Lipinski definition) is 8. The van der Waals surface area contributed by atoms with Crippen molar-refractivity contribution in [2.45, 2.75) is 9.79 Å². The minimum absolute atomic E-state index is 0.297. The van der Waals surface area contributed by atoms with E-state index in [0.29, 0.717) is 27.0 Å². The van der Waals surface area contributed by atoms with Gasteiger partial charge in [-0.3, -0.25) is 0 Å². The van der Waals surface area contributed by atoms with E-state index in [1.54, 1.807) is 24.3 Å². The summed E-state index contributed by atoms with van der Waals surface area (Å²) in [7, 11) is -3.63. The number of anilines is 9. The first-order valence-corrected chi connectivity index (χ1v) is 19.4. The van der Waals surface area contributed by atoms with Gasteiger partial charge in [0, 0.05) is 28.2 Å². The standard InChI is InChI=1S/C44H29N5O2S2/c50-53(51)41-20-10-8-18-39(41)49(40-19-9-11-21-42(40)53)34-28-24-31(25-29-34)44-45-43(46-52-44)30-22-26-33(27-23-30)48-37-16-6-4-14-35(37)47(32-12-2-1-3-13-32)36-15-5-7-17-38(36)48/h1-29H. The zero-order valence-electron chi connectivity index (χ0n) is 28.1. The fraction of sp³-hybridized carbons (Fsp3) is 0. The number of benzene rings is 7. The van der Waals surface area contributed by atoms with Crippen LogP contribution in [0.3, 0.4) is 0 Å². The molecule has 9 heteroatoms. The SMILES string of the molecule is O=S1(=O)c2ccccc2N(c2ccc(-c3nc(-c4ccc(N5c6ccccc6N(c6ccccc6)c6ccccc65)cc4)ns3)cc2)c2ccccc21. The van der Waals surface area contributed by atoms with Gasteiger partial charge < -0.3 is 14.7 Å². The Labute approximate surface area is 311 Å². The van der Waals surface area contributed by atoms with Crippen molar-refractivity contribution in [2.24, 2.45) is 0 Å². The fourth-order valence-corrected chi connectivity index (χ4v) is 9.62. The van der Waals surface area contributed by atoms with E-state index in [9.17, 15) is 8.42 Å². The van der Waals surface area contributed by atoms with Gasteiger partial charge in [-0.2, -0.15) is 4.37 Å². The summed E-state index contributed by atoms with van der Waals surface area (Å²) in [5, 5.41) is 0.803. The molecule has 7 aromatic carbocycles. The number of fused-ring (bicyclic) bond motifs is 4. The molecule has 0 bridgehead atoms. The second-order valence-electron chi connectivity index (χ2n) is 12.8. The number of hydrogen-bond donors (Lipinski definition) is 0. The lowest BCUT2D eigenvalue weighted by Gasteiger charge is -2.40. The van der Waals surface area contributed by atoms with Crippen molar-refractivity contribution in [3.8, 4) is 22.0 Å². The Balaban J connectivity index is 0.952. The quantitative estimate of drug-likeness (QED) is 0.175. The van der Waals surface area contributed by atoms with Crippen LogP contribution < -0.4 is 14.7 Å². The van der Waals surface area contributed by atoms with Gasteiger partial charge in [0.1, 0.15) is 5.01 Å². The third-order valence-corrected chi connectivity index (χ3v) is 12.3. The largest absolute Gasteiger partial charge is 0.308 e. The lowest BCUT2D eigenvalue weighted by atomic mass is 10.0. The molecule has 0 fully saturated rings. The number of para-hydroxylation sites is 7. The van der Waals surface area contributed by atoms with Crippen molar-refractivity contribution in [3.05, 3.63) is 176 Å². The maximum absolute atomic E-state index is 13.4. The molecule has 254 valence electrons. The molecule has 0 N–H and O–H groups in total. The molecule has 0 unspecified atom stereocenters. The van der Waals surface area contributed by atoms with Crippen LogP contribution in [0.25, 0.3) is 22.0 Å². The van der Waals surface area contributed by atoms with Crippen LogP contribution in [-0.2, 0) is 9.84 Å². The molecule has 8 aromatic rings. The normalized spacial score (nSPS) is 13.8. The molecular weight excluding hydrogens is 695 g/mol. The van der Waals surface area contributed by atoms with Gasteiger partial charge in [-0.1, -0.05) is 66.7 Å². The van der Waals surface area contributed by atoms with E-state index in [1.807, 2.05) is 59.5 Å². The van der Waals surface area contributed by atoms with Crippen LogP contribution in [0.4, 0.5) is 51.2 Å². The van der Waals surface area contributed by atoms with E-state index in [2.05, 4.69) is 107 Å². The molecule has 0 aliphatic carbocycles. The molecule has 2 aliphatic rings. The zero-order chi connectivity index (χ0) is 35.5. The van der Waals surface area contributed by atoms with Gasteiger partial charge in [-0.15, -0.1) is 0 Å². The highest BCUT2D eigenvalue weighted by Crippen LogP contribution is 2.54. The molecule has 0 spiro atoms. The van der Waals surface area contributed by atoms with Gasteiger partial charge in [0.25, 0.3) is 0 Å². The van der Waals surface area contributed by atoms with Crippen LogP contribution >= 0.6 is 11.5 Å². The van der Waals surface area contributed by atoms with Crippen LogP contribution in [-0.4, -0.2) is 17.8 Å². The van der Waals surface area contributed by atoms with Crippen molar-refractivity contribution in [3.63, 3.8) is 0 Å². The number of rotatable bonds is 5. The Morgan fingerprint density at radius 2 is 0.774 bits per heavy atom. The van der Waals surface area contributed by atoms with Crippen LogP contribution in [0.1, 0.15) is 0 Å². The zero-order valence-corrected chi connectivity index (χ0v) is 29.7. The predicted octanol–water partition coefficient (Wildman–Crippen LogP) is 11.7. The first kappa shape index (κ1) is 31.2. The Bertz CT molecular complexity index is 2670. The van der Waals surface area contributed by atoms with Crippen molar-refractivity contribution in [1.29, 1.82) is 0 Å². The average Bonchev–Trinajstić information content (AvgIpc) is 3.71. The van der Waals surface area contributed by atoms with Crippen LogP contribution in [0.5, 0.6) is 0 Å². The highest BCUT2D eigenvalue weighted by Gasteiger charge is 2.34. The summed E-state index contributed by atoms with van der Waals surface area (Å²) in [6.45, 7) is 0. The monoisotopic (exact) mass is 723 g/mol. The van der Waals surface area contributed by atoms with Gasteiger partial charge in [-0.05, 0) is 121 Å². The minimum atomic E-state index is -3.63. The van der Waals surface area contributed by atoms with E-state index in [1.165, 1.54) is 11.5 Å². The lowest BCUT2D eigenvalue weighted by molar-refractivity contribution is 0.595. The minimum Gasteiger partial charge on any atom is -0.308 e. The van der Waals surface area contributed by atoms with E-state index in [-0.39, 0.29) is 0 Å². The van der Waals surface area contributed by atoms with Gasteiger partial charge in [0.05, 0.1) is 43.9 Å².